The summed E-state index contributed by atoms with van der Waals surface area (Å²) in [4.78, 5) is 15.7. The number of rotatable bonds is 6. The summed E-state index contributed by atoms with van der Waals surface area (Å²) in [5, 5.41) is -0.0927. The Morgan fingerprint density at radius 2 is 1.77 bits per heavy atom. The van der Waals surface area contributed by atoms with Crippen LogP contribution in [0.2, 0.25) is 0 Å². The average Bonchev–Trinajstić information content (AvgIpc) is 2.55. The molecule has 4 heteroatoms. The fourth-order valence-corrected chi connectivity index (χ4v) is 3.39. The Labute approximate surface area is 145 Å². The third-order valence-corrected chi connectivity index (χ3v) is 5.01. The van der Waals surface area contributed by atoms with Crippen molar-refractivity contribution in [2.75, 3.05) is 6.54 Å². The molecular weight excluding hydrogens is 358 g/mol. The minimum atomic E-state index is -0.0927. The second-order valence-electron chi connectivity index (χ2n) is 5.05. The molecule has 2 rings (SSSR count). The van der Waals surface area contributed by atoms with Gasteiger partial charge in [-0.2, -0.15) is 0 Å². The molecule has 1 atom stereocenters. The monoisotopic (exact) mass is 377 g/mol. The van der Waals surface area contributed by atoms with Crippen LogP contribution in [0.3, 0.4) is 0 Å². The molecule has 2 nitrogen and oxygen atoms in total. The van der Waals surface area contributed by atoms with Crippen molar-refractivity contribution >= 4 is 33.6 Å². The summed E-state index contributed by atoms with van der Waals surface area (Å²) in [5.41, 5.74) is 1.17. The number of thioether (sulfide) groups is 1. The summed E-state index contributed by atoms with van der Waals surface area (Å²) in [6, 6.07) is 18.2. The summed E-state index contributed by atoms with van der Waals surface area (Å²) in [6.45, 7) is 5.39. The van der Waals surface area contributed by atoms with Crippen molar-refractivity contribution in [2.45, 2.75) is 30.5 Å². The molecule has 1 unspecified atom stereocenters. The van der Waals surface area contributed by atoms with Gasteiger partial charge in [-0.3, -0.25) is 4.79 Å². The van der Waals surface area contributed by atoms with E-state index in [0.29, 0.717) is 6.54 Å². The van der Waals surface area contributed by atoms with E-state index >= 15 is 0 Å². The Balaban J connectivity index is 1.99. The van der Waals surface area contributed by atoms with Gasteiger partial charge in [0, 0.05) is 22.5 Å². The summed E-state index contributed by atoms with van der Waals surface area (Å²) in [5.74, 6) is 0.180. The molecule has 0 aromatic heterocycles. The van der Waals surface area contributed by atoms with Crippen LogP contribution in [0.5, 0.6) is 0 Å². The molecule has 0 aliphatic heterocycles. The van der Waals surface area contributed by atoms with Crippen LogP contribution >= 0.6 is 27.7 Å². The highest BCUT2D eigenvalue weighted by molar-refractivity contribution is 9.10. The third-order valence-electron chi connectivity index (χ3n) is 3.38. The molecule has 0 radical (unpaired) electrons. The minimum absolute atomic E-state index is 0.0927. The second kappa shape index (κ2) is 8.39. The topological polar surface area (TPSA) is 20.3 Å². The van der Waals surface area contributed by atoms with Gasteiger partial charge in [-0.25, -0.2) is 0 Å². The van der Waals surface area contributed by atoms with Crippen LogP contribution in [0.4, 0.5) is 0 Å². The number of hydrogen-bond acceptors (Lipinski definition) is 2. The largest absolute Gasteiger partial charge is 0.338 e. The summed E-state index contributed by atoms with van der Waals surface area (Å²) in [7, 11) is 0. The molecule has 0 heterocycles. The van der Waals surface area contributed by atoms with Gasteiger partial charge in [-0.05, 0) is 43.7 Å². The van der Waals surface area contributed by atoms with Crippen LogP contribution in [0.25, 0.3) is 0 Å². The first-order valence-corrected chi connectivity index (χ1v) is 9.02. The lowest BCUT2D eigenvalue weighted by Gasteiger charge is -2.24. The van der Waals surface area contributed by atoms with Crippen LogP contribution in [0.15, 0.2) is 64.0 Å². The molecular formula is C18H20BrNOS. The quantitative estimate of drug-likeness (QED) is 0.661. The molecule has 116 valence electrons. The van der Waals surface area contributed by atoms with E-state index in [-0.39, 0.29) is 11.2 Å². The molecule has 1 amide bonds. The van der Waals surface area contributed by atoms with Crippen molar-refractivity contribution in [1.29, 1.82) is 0 Å². The van der Waals surface area contributed by atoms with Crippen molar-refractivity contribution in [2.24, 2.45) is 0 Å². The van der Waals surface area contributed by atoms with E-state index in [9.17, 15) is 4.79 Å². The highest BCUT2D eigenvalue weighted by atomic mass is 79.9. The Kier molecular flexibility index (Phi) is 6.52. The smallest absolute Gasteiger partial charge is 0.236 e. The summed E-state index contributed by atoms with van der Waals surface area (Å²) in [6.07, 6.45) is 0. The molecule has 2 aromatic carbocycles. The zero-order valence-corrected chi connectivity index (χ0v) is 15.2. The number of hydrogen-bond donors (Lipinski definition) is 0. The molecule has 0 saturated heterocycles. The fraction of sp³-hybridized carbons (Fsp3) is 0.278. The van der Waals surface area contributed by atoms with Crippen molar-refractivity contribution < 1.29 is 4.79 Å². The van der Waals surface area contributed by atoms with Crippen LogP contribution in [-0.2, 0) is 11.3 Å². The lowest BCUT2D eigenvalue weighted by Crippen LogP contribution is -2.35. The number of carbonyl (C=O) groups is 1. The molecule has 0 saturated carbocycles. The van der Waals surface area contributed by atoms with Gasteiger partial charge in [0.25, 0.3) is 0 Å². The van der Waals surface area contributed by atoms with Gasteiger partial charge in [0.2, 0.25) is 5.91 Å². The summed E-state index contributed by atoms with van der Waals surface area (Å²) >= 11 is 5.03. The van der Waals surface area contributed by atoms with Crippen LogP contribution < -0.4 is 0 Å². The zero-order chi connectivity index (χ0) is 15.9. The average molecular weight is 378 g/mol. The van der Waals surface area contributed by atoms with Crippen molar-refractivity contribution in [3.8, 4) is 0 Å². The second-order valence-corrected chi connectivity index (χ2v) is 7.38. The van der Waals surface area contributed by atoms with Gasteiger partial charge >= 0.3 is 0 Å². The van der Waals surface area contributed by atoms with Crippen molar-refractivity contribution in [3.63, 3.8) is 0 Å². The van der Waals surface area contributed by atoms with Gasteiger partial charge < -0.3 is 4.90 Å². The SMILES string of the molecule is CCN(Cc1ccccc1)C(=O)C(C)Sc1ccc(Br)cc1. The first-order valence-electron chi connectivity index (χ1n) is 7.35. The number of amides is 1. The maximum atomic E-state index is 12.6. The Hall–Kier alpha value is -1.26. The minimum Gasteiger partial charge on any atom is -0.338 e. The van der Waals surface area contributed by atoms with E-state index < -0.39 is 0 Å². The molecule has 0 fully saturated rings. The maximum Gasteiger partial charge on any atom is 0.236 e. The highest BCUT2D eigenvalue weighted by Crippen LogP contribution is 2.26. The number of nitrogens with zero attached hydrogens (tertiary/aromatic N) is 1. The molecule has 2 aromatic rings. The fourth-order valence-electron chi connectivity index (χ4n) is 2.17. The Morgan fingerprint density at radius 1 is 1.14 bits per heavy atom. The first kappa shape index (κ1) is 17.1. The normalized spacial score (nSPS) is 12.0. The van der Waals surface area contributed by atoms with E-state index in [1.54, 1.807) is 11.8 Å². The van der Waals surface area contributed by atoms with Gasteiger partial charge in [-0.15, -0.1) is 11.8 Å². The van der Waals surface area contributed by atoms with E-state index in [1.165, 1.54) is 5.56 Å². The first-order chi connectivity index (χ1) is 10.6. The lowest BCUT2D eigenvalue weighted by atomic mass is 10.2. The van der Waals surface area contributed by atoms with Gasteiger partial charge in [0.1, 0.15) is 0 Å². The van der Waals surface area contributed by atoms with Gasteiger partial charge in [0.15, 0.2) is 0 Å². The van der Waals surface area contributed by atoms with Gasteiger partial charge in [0.05, 0.1) is 5.25 Å². The molecule has 0 bridgehead atoms. The maximum absolute atomic E-state index is 12.6. The zero-order valence-electron chi connectivity index (χ0n) is 12.8. The third kappa shape index (κ3) is 4.89. The predicted molar refractivity (Wildman–Crippen MR) is 97.0 cm³/mol. The lowest BCUT2D eigenvalue weighted by molar-refractivity contribution is -0.130. The summed E-state index contributed by atoms with van der Waals surface area (Å²) < 4.78 is 1.05. The highest BCUT2D eigenvalue weighted by Gasteiger charge is 2.20. The molecule has 22 heavy (non-hydrogen) atoms. The molecule has 0 N–H and O–H groups in total. The Morgan fingerprint density at radius 3 is 2.36 bits per heavy atom. The number of halogens is 1. The molecule has 0 spiro atoms. The number of carbonyl (C=O) groups excluding carboxylic acids is 1. The van der Waals surface area contributed by atoms with E-state index in [4.69, 9.17) is 0 Å². The Bertz CT molecular complexity index is 600. The van der Waals surface area contributed by atoms with Crippen molar-refractivity contribution in [1.82, 2.24) is 4.90 Å². The van der Waals surface area contributed by atoms with Gasteiger partial charge in [-0.1, -0.05) is 46.3 Å². The standard InChI is InChI=1S/C18H20BrNOS/c1-3-20(13-15-7-5-4-6-8-15)18(21)14(2)22-17-11-9-16(19)10-12-17/h4-12,14H,3,13H2,1-2H3. The van der Waals surface area contributed by atoms with Crippen molar-refractivity contribution in [3.05, 3.63) is 64.6 Å². The molecule has 0 aliphatic carbocycles. The van der Waals surface area contributed by atoms with E-state index in [2.05, 4.69) is 28.1 Å². The molecule has 0 aliphatic rings. The predicted octanol–water partition coefficient (Wildman–Crippen LogP) is 4.98. The van der Waals surface area contributed by atoms with E-state index in [0.717, 1.165) is 15.9 Å². The van der Waals surface area contributed by atoms with Crippen LogP contribution in [-0.4, -0.2) is 22.6 Å². The number of benzene rings is 2. The van der Waals surface area contributed by atoms with E-state index in [1.807, 2.05) is 61.2 Å². The van der Waals surface area contributed by atoms with Crippen LogP contribution in [0.1, 0.15) is 19.4 Å². The van der Waals surface area contributed by atoms with Crippen LogP contribution in [0, 0.1) is 0 Å².